The van der Waals surface area contributed by atoms with Crippen LogP contribution in [0.2, 0.25) is 0 Å². The second-order valence-corrected chi connectivity index (χ2v) is 6.57. The summed E-state index contributed by atoms with van der Waals surface area (Å²) in [4.78, 5) is 11.9. The second kappa shape index (κ2) is 7.79. The molecule has 0 atom stereocenters. The van der Waals surface area contributed by atoms with E-state index in [1.807, 2.05) is 12.1 Å². The third-order valence-corrected chi connectivity index (χ3v) is 4.45. The Morgan fingerprint density at radius 1 is 1.20 bits per heavy atom. The van der Waals surface area contributed by atoms with Crippen LogP contribution in [0.3, 0.4) is 0 Å². The van der Waals surface area contributed by atoms with Crippen LogP contribution in [0, 0.1) is 0 Å². The van der Waals surface area contributed by atoms with Crippen molar-refractivity contribution in [3.8, 4) is 0 Å². The van der Waals surface area contributed by atoms with Gasteiger partial charge in [0, 0.05) is 23.0 Å². The lowest BCUT2D eigenvalue weighted by Crippen LogP contribution is -2.40. The monoisotopic (exact) mass is 338 g/mol. The first-order chi connectivity index (χ1) is 9.63. The lowest BCUT2D eigenvalue weighted by Gasteiger charge is -2.26. The molecule has 0 aromatic heterocycles. The van der Waals surface area contributed by atoms with Gasteiger partial charge in [-0.1, -0.05) is 28.1 Å². The first-order valence-corrected chi connectivity index (χ1v) is 8.22. The summed E-state index contributed by atoms with van der Waals surface area (Å²) in [6.45, 7) is 0. The van der Waals surface area contributed by atoms with Gasteiger partial charge in [-0.25, -0.2) is 0 Å². The molecule has 0 spiro atoms. The maximum absolute atomic E-state index is 11.9. The average Bonchev–Trinajstić information content (AvgIpc) is 2.44. The number of amides is 1. The Morgan fingerprint density at radius 2 is 1.85 bits per heavy atom. The number of carbonyl (C=O) groups excluding carboxylic acids is 1. The van der Waals surface area contributed by atoms with Crippen LogP contribution >= 0.6 is 15.9 Å². The lowest BCUT2D eigenvalue weighted by atomic mass is 9.92. The van der Waals surface area contributed by atoms with Crippen molar-refractivity contribution in [2.45, 2.75) is 57.0 Å². The Morgan fingerprint density at radius 3 is 2.50 bits per heavy atom. The van der Waals surface area contributed by atoms with Gasteiger partial charge in [-0.15, -0.1) is 0 Å². The molecule has 1 saturated carbocycles. The summed E-state index contributed by atoms with van der Waals surface area (Å²) in [6, 6.07) is 8.96. The largest absolute Gasteiger partial charge is 0.353 e. The third-order valence-electron chi connectivity index (χ3n) is 3.92. The molecule has 0 bridgehead atoms. The highest BCUT2D eigenvalue weighted by atomic mass is 79.9. The molecule has 0 heterocycles. The predicted octanol–water partition coefficient (Wildman–Crippen LogP) is 3.16. The first-order valence-electron chi connectivity index (χ1n) is 7.43. The van der Waals surface area contributed by atoms with Crippen LogP contribution in [0.4, 0.5) is 0 Å². The summed E-state index contributed by atoms with van der Waals surface area (Å²) < 4.78 is 1.09. The average molecular weight is 339 g/mol. The van der Waals surface area contributed by atoms with E-state index in [-0.39, 0.29) is 5.91 Å². The van der Waals surface area contributed by atoms with Gasteiger partial charge in [-0.2, -0.15) is 0 Å². The van der Waals surface area contributed by atoms with Gasteiger partial charge < -0.3 is 11.1 Å². The zero-order valence-electron chi connectivity index (χ0n) is 11.8. The van der Waals surface area contributed by atoms with E-state index < -0.39 is 0 Å². The summed E-state index contributed by atoms with van der Waals surface area (Å²) >= 11 is 3.42. The quantitative estimate of drug-likeness (QED) is 0.866. The first kappa shape index (κ1) is 15.5. The number of rotatable bonds is 5. The summed E-state index contributed by atoms with van der Waals surface area (Å²) in [6.07, 6.45) is 6.58. The van der Waals surface area contributed by atoms with Crippen LogP contribution in [-0.2, 0) is 11.2 Å². The molecule has 0 aliphatic heterocycles. The van der Waals surface area contributed by atoms with Crippen molar-refractivity contribution in [1.29, 1.82) is 0 Å². The number of nitrogens with one attached hydrogen (secondary N) is 1. The molecular formula is C16H23BrN2O. The van der Waals surface area contributed by atoms with Crippen LogP contribution in [-0.4, -0.2) is 18.0 Å². The van der Waals surface area contributed by atoms with Crippen LogP contribution < -0.4 is 11.1 Å². The van der Waals surface area contributed by atoms with E-state index in [1.54, 1.807) is 0 Å². The van der Waals surface area contributed by atoms with Gasteiger partial charge in [-0.3, -0.25) is 4.79 Å². The fraction of sp³-hybridized carbons (Fsp3) is 0.562. The summed E-state index contributed by atoms with van der Waals surface area (Å²) in [7, 11) is 0. The van der Waals surface area contributed by atoms with Crippen molar-refractivity contribution < 1.29 is 4.79 Å². The lowest BCUT2D eigenvalue weighted by molar-refractivity contribution is -0.122. The minimum absolute atomic E-state index is 0.183. The molecule has 1 aromatic rings. The maximum Gasteiger partial charge on any atom is 0.220 e. The van der Waals surface area contributed by atoms with E-state index in [4.69, 9.17) is 5.73 Å². The van der Waals surface area contributed by atoms with E-state index in [9.17, 15) is 4.79 Å². The van der Waals surface area contributed by atoms with Crippen LogP contribution in [0.25, 0.3) is 0 Å². The highest BCUT2D eigenvalue weighted by molar-refractivity contribution is 9.10. The second-order valence-electron chi connectivity index (χ2n) is 5.66. The molecule has 3 nitrogen and oxygen atoms in total. The van der Waals surface area contributed by atoms with E-state index in [2.05, 4.69) is 33.4 Å². The molecular weight excluding hydrogens is 316 g/mol. The molecule has 1 aliphatic carbocycles. The molecule has 1 fully saturated rings. The Hall–Kier alpha value is -0.870. The fourth-order valence-electron chi connectivity index (χ4n) is 2.67. The molecule has 0 unspecified atom stereocenters. The number of hydrogen-bond acceptors (Lipinski definition) is 2. The number of aryl methyl sites for hydroxylation is 1. The smallest absolute Gasteiger partial charge is 0.220 e. The minimum atomic E-state index is 0.183. The molecule has 0 radical (unpaired) electrons. The van der Waals surface area contributed by atoms with Gasteiger partial charge in [0.15, 0.2) is 0 Å². The van der Waals surface area contributed by atoms with Gasteiger partial charge in [0.2, 0.25) is 5.91 Å². The van der Waals surface area contributed by atoms with Crippen LogP contribution in [0.1, 0.15) is 44.1 Å². The zero-order chi connectivity index (χ0) is 14.4. The number of carbonyl (C=O) groups is 1. The topological polar surface area (TPSA) is 55.1 Å². The number of benzene rings is 1. The molecule has 2 rings (SSSR count). The van der Waals surface area contributed by atoms with E-state index >= 15 is 0 Å². The molecule has 1 aromatic carbocycles. The van der Waals surface area contributed by atoms with Crippen molar-refractivity contribution in [3.05, 3.63) is 34.3 Å². The van der Waals surface area contributed by atoms with Crippen molar-refractivity contribution in [3.63, 3.8) is 0 Å². The van der Waals surface area contributed by atoms with Crippen LogP contribution in [0.15, 0.2) is 28.7 Å². The number of nitrogens with two attached hydrogens (primary N) is 1. The van der Waals surface area contributed by atoms with Gasteiger partial charge in [-0.05, 0) is 56.2 Å². The van der Waals surface area contributed by atoms with Crippen LogP contribution in [0.5, 0.6) is 0 Å². The molecule has 110 valence electrons. The summed E-state index contributed by atoms with van der Waals surface area (Å²) in [5, 5.41) is 3.13. The van der Waals surface area contributed by atoms with Crippen molar-refractivity contribution in [2.24, 2.45) is 5.73 Å². The van der Waals surface area contributed by atoms with Crippen molar-refractivity contribution in [2.75, 3.05) is 0 Å². The van der Waals surface area contributed by atoms with E-state index in [1.165, 1.54) is 5.56 Å². The fourth-order valence-corrected chi connectivity index (χ4v) is 2.93. The number of halogens is 1. The Balaban J connectivity index is 1.64. The zero-order valence-corrected chi connectivity index (χ0v) is 13.4. The molecule has 1 amide bonds. The normalized spacial score (nSPS) is 22.5. The summed E-state index contributed by atoms with van der Waals surface area (Å²) in [5.74, 6) is 0.183. The number of hydrogen-bond donors (Lipinski definition) is 2. The molecule has 3 N–H and O–H groups in total. The minimum Gasteiger partial charge on any atom is -0.353 e. The highest BCUT2D eigenvalue weighted by Crippen LogP contribution is 2.17. The van der Waals surface area contributed by atoms with E-state index in [0.717, 1.165) is 43.0 Å². The molecule has 4 heteroatoms. The third kappa shape index (κ3) is 5.25. The van der Waals surface area contributed by atoms with Gasteiger partial charge in [0.25, 0.3) is 0 Å². The van der Waals surface area contributed by atoms with Crippen molar-refractivity contribution >= 4 is 21.8 Å². The maximum atomic E-state index is 11.9. The van der Waals surface area contributed by atoms with Gasteiger partial charge >= 0.3 is 0 Å². The van der Waals surface area contributed by atoms with Gasteiger partial charge in [0.05, 0.1) is 0 Å². The highest BCUT2D eigenvalue weighted by Gasteiger charge is 2.19. The Labute approximate surface area is 129 Å². The Kier molecular flexibility index (Phi) is 6.05. The molecule has 0 saturated heterocycles. The Bertz CT molecular complexity index is 425. The molecule has 1 aliphatic rings. The molecule has 20 heavy (non-hydrogen) atoms. The summed E-state index contributed by atoms with van der Waals surface area (Å²) in [5.41, 5.74) is 7.15. The predicted molar refractivity (Wildman–Crippen MR) is 85.5 cm³/mol. The SMILES string of the molecule is NC1CCC(NC(=O)CCCc2ccc(Br)cc2)CC1. The van der Waals surface area contributed by atoms with Crippen molar-refractivity contribution in [1.82, 2.24) is 5.32 Å². The van der Waals surface area contributed by atoms with Gasteiger partial charge in [0.1, 0.15) is 0 Å². The standard InChI is InChI=1S/C16H23BrN2O/c17-13-6-4-12(5-7-13)2-1-3-16(20)19-15-10-8-14(18)9-11-15/h4-7,14-15H,1-3,8-11,18H2,(H,19,20). The van der Waals surface area contributed by atoms with E-state index in [0.29, 0.717) is 18.5 Å².